The van der Waals surface area contributed by atoms with Crippen LogP contribution in [0.1, 0.15) is 26.3 Å². The van der Waals surface area contributed by atoms with Crippen LogP contribution in [0.3, 0.4) is 0 Å². The molecule has 0 saturated carbocycles. The molecule has 0 aromatic heterocycles. The third kappa shape index (κ3) is 5.72. The number of amides is 1. The smallest absolute Gasteiger partial charge is 0.224 e. The molecule has 0 radical (unpaired) electrons. The average Bonchev–Trinajstić information content (AvgIpc) is 2.62. The van der Waals surface area contributed by atoms with Crippen molar-refractivity contribution in [1.29, 1.82) is 0 Å². The molecule has 0 aliphatic carbocycles. The van der Waals surface area contributed by atoms with Crippen molar-refractivity contribution >= 4 is 11.9 Å². The molecule has 0 aliphatic rings. The third-order valence-corrected chi connectivity index (χ3v) is 3.85. The Morgan fingerprint density at radius 3 is 2.12 bits per heavy atom. The predicted octanol–water partition coefficient (Wildman–Crippen LogP) is 1.28. The number of rotatable bonds is 9. The molecule has 8 nitrogen and oxygen atoms in total. The van der Waals surface area contributed by atoms with Crippen molar-refractivity contribution in [1.82, 2.24) is 10.6 Å². The van der Waals surface area contributed by atoms with Crippen molar-refractivity contribution in [3.05, 3.63) is 17.7 Å². The minimum absolute atomic E-state index is 0.370. The fourth-order valence-electron chi connectivity index (χ4n) is 2.13. The SMILES string of the molecule is CCNC(=NCc1cc(OC)c(OC)c(OC)c1)NCC(C)(C)C(N)=O. The van der Waals surface area contributed by atoms with E-state index in [9.17, 15) is 4.79 Å². The molecule has 0 saturated heterocycles. The first kappa shape index (κ1) is 21.4. The number of hydrogen-bond donors (Lipinski definition) is 3. The van der Waals surface area contributed by atoms with Gasteiger partial charge in [-0.05, 0) is 38.5 Å². The summed E-state index contributed by atoms with van der Waals surface area (Å²) in [5, 5.41) is 6.29. The van der Waals surface area contributed by atoms with Gasteiger partial charge in [-0.2, -0.15) is 0 Å². The van der Waals surface area contributed by atoms with E-state index in [0.717, 1.165) is 5.56 Å². The molecule has 1 aromatic rings. The summed E-state index contributed by atoms with van der Waals surface area (Å²) in [5.41, 5.74) is 5.62. The van der Waals surface area contributed by atoms with Gasteiger partial charge < -0.3 is 30.6 Å². The number of primary amides is 1. The van der Waals surface area contributed by atoms with E-state index in [4.69, 9.17) is 19.9 Å². The Labute approximate surface area is 155 Å². The van der Waals surface area contributed by atoms with Crippen molar-refractivity contribution < 1.29 is 19.0 Å². The zero-order valence-electron chi connectivity index (χ0n) is 16.4. The Kier molecular flexibility index (Phi) is 8.02. The van der Waals surface area contributed by atoms with E-state index in [0.29, 0.717) is 42.8 Å². The number of carbonyl (C=O) groups is 1. The number of ether oxygens (including phenoxy) is 3. The van der Waals surface area contributed by atoms with Crippen LogP contribution in [0.25, 0.3) is 0 Å². The largest absolute Gasteiger partial charge is 0.493 e. The molecule has 0 spiro atoms. The van der Waals surface area contributed by atoms with Crippen LogP contribution < -0.4 is 30.6 Å². The third-order valence-electron chi connectivity index (χ3n) is 3.85. The van der Waals surface area contributed by atoms with E-state index in [-0.39, 0.29) is 5.91 Å². The van der Waals surface area contributed by atoms with Crippen LogP contribution in [0.4, 0.5) is 0 Å². The standard InChI is InChI=1S/C18H30N4O4/c1-7-20-17(22-11-18(2,3)16(19)23)21-10-12-8-13(24-4)15(26-6)14(9-12)25-5/h8-9H,7,10-11H2,1-6H3,(H2,19,23)(H2,20,21,22). The van der Waals surface area contributed by atoms with Gasteiger partial charge in [0.05, 0.1) is 33.3 Å². The molecule has 0 fully saturated rings. The van der Waals surface area contributed by atoms with E-state index in [1.165, 1.54) is 0 Å². The lowest BCUT2D eigenvalue weighted by Crippen LogP contribution is -2.46. The lowest BCUT2D eigenvalue weighted by Gasteiger charge is -2.22. The minimum atomic E-state index is -0.678. The molecule has 0 bridgehead atoms. The molecule has 1 amide bonds. The van der Waals surface area contributed by atoms with Crippen LogP contribution in [0, 0.1) is 5.41 Å². The molecule has 0 unspecified atom stereocenters. The van der Waals surface area contributed by atoms with Crippen LogP contribution in [0.5, 0.6) is 17.2 Å². The summed E-state index contributed by atoms with van der Waals surface area (Å²) in [6, 6.07) is 3.70. The first-order valence-corrected chi connectivity index (χ1v) is 8.40. The van der Waals surface area contributed by atoms with Gasteiger partial charge in [0.1, 0.15) is 0 Å². The maximum Gasteiger partial charge on any atom is 0.224 e. The molecule has 0 atom stereocenters. The first-order valence-electron chi connectivity index (χ1n) is 8.40. The second kappa shape index (κ2) is 9.74. The summed E-state index contributed by atoms with van der Waals surface area (Å²) in [4.78, 5) is 16.0. The molecule has 8 heteroatoms. The van der Waals surface area contributed by atoms with Gasteiger partial charge in [0.2, 0.25) is 11.7 Å². The monoisotopic (exact) mass is 366 g/mol. The van der Waals surface area contributed by atoms with Gasteiger partial charge in [0, 0.05) is 13.1 Å². The summed E-state index contributed by atoms with van der Waals surface area (Å²) in [6.45, 7) is 7.00. The number of methoxy groups -OCH3 is 3. The summed E-state index contributed by atoms with van der Waals surface area (Å²) in [6.07, 6.45) is 0. The Morgan fingerprint density at radius 2 is 1.69 bits per heavy atom. The number of nitrogens with one attached hydrogen (secondary N) is 2. The van der Waals surface area contributed by atoms with Crippen molar-refractivity contribution in [2.75, 3.05) is 34.4 Å². The number of benzene rings is 1. The van der Waals surface area contributed by atoms with Crippen LogP contribution in [-0.4, -0.2) is 46.3 Å². The second-order valence-corrected chi connectivity index (χ2v) is 6.33. The normalized spacial score (nSPS) is 11.7. The fourth-order valence-corrected chi connectivity index (χ4v) is 2.13. The maximum atomic E-state index is 11.5. The average molecular weight is 366 g/mol. The molecular weight excluding hydrogens is 336 g/mol. The summed E-state index contributed by atoms with van der Waals surface area (Å²) in [5.74, 6) is 1.91. The highest BCUT2D eigenvalue weighted by Gasteiger charge is 2.25. The van der Waals surface area contributed by atoms with E-state index in [1.54, 1.807) is 35.2 Å². The van der Waals surface area contributed by atoms with Gasteiger partial charge in [0.25, 0.3) is 0 Å². The Balaban J connectivity index is 2.97. The van der Waals surface area contributed by atoms with E-state index in [2.05, 4.69) is 15.6 Å². The number of guanidine groups is 1. The predicted molar refractivity (Wildman–Crippen MR) is 102 cm³/mol. The van der Waals surface area contributed by atoms with Crippen LogP contribution in [0.2, 0.25) is 0 Å². The maximum absolute atomic E-state index is 11.5. The summed E-state index contributed by atoms with van der Waals surface area (Å²) < 4.78 is 16.0. The van der Waals surface area contributed by atoms with Crippen LogP contribution in [-0.2, 0) is 11.3 Å². The molecular formula is C18H30N4O4. The van der Waals surface area contributed by atoms with Crippen molar-refractivity contribution in [2.45, 2.75) is 27.3 Å². The van der Waals surface area contributed by atoms with Gasteiger partial charge >= 0.3 is 0 Å². The van der Waals surface area contributed by atoms with Gasteiger partial charge in [-0.3, -0.25) is 4.79 Å². The Bertz CT molecular complexity index is 619. The molecule has 146 valence electrons. The topological polar surface area (TPSA) is 107 Å². The lowest BCUT2D eigenvalue weighted by atomic mass is 9.93. The Morgan fingerprint density at radius 1 is 1.12 bits per heavy atom. The van der Waals surface area contributed by atoms with E-state index in [1.807, 2.05) is 19.1 Å². The van der Waals surface area contributed by atoms with Crippen molar-refractivity contribution in [3.63, 3.8) is 0 Å². The fraction of sp³-hybridized carbons (Fsp3) is 0.556. The minimum Gasteiger partial charge on any atom is -0.493 e. The summed E-state index contributed by atoms with van der Waals surface area (Å²) >= 11 is 0. The Hall–Kier alpha value is -2.64. The molecule has 4 N–H and O–H groups in total. The van der Waals surface area contributed by atoms with Crippen molar-refractivity contribution in [3.8, 4) is 17.2 Å². The molecule has 0 heterocycles. The number of nitrogens with two attached hydrogens (primary N) is 1. The second-order valence-electron chi connectivity index (χ2n) is 6.33. The van der Waals surface area contributed by atoms with Gasteiger partial charge in [-0.25, -0.2) is 4.99 Å². The number of carbonyl (C=O) groups excluding carboxylic acids is 1. The van der Waals surface area contributed by atoms with Gasteiger partial charge in [-0.1, -0.05) is 0 Å². The van der Waals surface area contributed by atoms with Crippen LogP contribution in [0.15, 0.2) is 17.1 Å². The highest BCUT2D eigenvalue weighted by atomic mass is 16.5. The van der Waals surface area contributed by atoms with E-state index >= 15 is 0 Å². The molecule has 1 aromatic carbocycles. The molecule has 1 rings (SSSR count). The lowest BCUT2D eigenvalue weighted by molar-refractivity contribution is -0.125. The van der Waals surface area contributed by atoms with E-state index < -0.39 is 5.41 Å². The molecule has 0 aliphatic heterocycles. The number of nitrogens with zero attached hydrogens (tertiary/aromatic N) is 1. The zero-order valence-corrected chi connectivity index (χ0v) is 16.4. The zero-order chi connectivity index (χ0) is 19.7. The van der Waals surface area contributed by atoms with Crippen LogP contribution >= 0.6 is 0 Å². The molecule has 26 heavy (non-hydrogen) atoms. The summed E-state index contributed by atoms with van der Waals surface area (Å²) in [7, 11) is 4.70. The number of aliphatic imine (C=N–C) groups is 1. The first-order chi connectivity index (χ1) is 12.3. The number of hydrogen-bond acceptors (Lipinski definition) is 5. The van der Waals surface area contributed by atoms with Gasteiger partial charge in [-0.15, -0.1) is 0 Å². The quantitative estimate of drug-likeness (QED) is 0.449. The van der Waals surface area contributed by atoms with Gasteiger partial charge in [0.15, 0.2) is 17.5 Å². The highest BCUT2D eigenvalue weighted by Crippen LogP contribution is 2.38. The van der Waals surface area contributed by atoms with Crippen molar-refractivity contribution in [2.24, 2.45) is 16.1 Å². The highest BCUT2D eigenvalue weighted by molar-refractivity contribution is 5.83.